The van der Waals surface area contributed by atoms with Crippen LogP contribution in [-0.4, -0.2) is 19.7 Å². The third kappa shape index (κ3) is 3.06. The van der Waals surface area contributed by atoms with Crippen molar-refractivity contribution in [3.63, 3.8) is 0 Å². The van der Waals surface area contributed by atoms with Gasteiger partial charge in [0, 0.05) is 10.2 Å². The molecule has 2 aromatic carbocycles. The molecular formula is C19H15BrFN5. The van der Waals surface area contributed by atoms with E-state index in [-0.39, 0.29) is 5.82 Å². The van der Waals surface area contributed by atoms with Crippen LogP contribution in [0.4, 0.5) is 15.9 Å². The number of para-hydroxylation sites is 2. The Balaban J connectivity index is 1.91. The number of aryl methyl sites for hydroxylation is 2. The highest BCUT2D eigenvalue weighted by Crippen LogP contribution is 2.27. The average Bonchev–Trinajstić information content (AvgIpc) is 2.95. The van der Waals surface area contributed by atoms with Gasteiger partial charge in [-0.3, -0.25) is 0 Å². The molecule has 2 heterocycles. The maximum atomic E-state index is 14.3. The number of fused-ring (bicyclic) bond motifs is 1. The number of anilines is 2. The molecule has 0 spiro atoms. The molecule has 7 heteroatoms. The number of benzene rings is 2. The Hall–Kier alpha value is -2.80. The molecule has 0 aliphatic heterocycles. The largest absolute Gasteiger partial charge is 0.335 e. The molecule has 0 unspecified atom stereocenters. The highest BCUT2D eigenvalue weighted by Gasteiger charge is 2.15. The van der Waals surface area contributed by atoms with E-state index in [0.29, 0.717) is 21.8 Å². The molecule has 1 N–H and O–H groups in total. The minimum Gasteiger partial charge on any atom is -0.335 e. The number of halogens is 2. The third-order valence-corrected chi connectivity index (χ3v) is 4.44. The number of aromatic nitrogens is 4. The first kappa shape index (κ1) is 16.7. The third-order valence-electron chi connectivity index (χ3n) is 3.95. The second kappa shape index (κ2) is 6.49. The van der Waals surface area contributed by atoms with Crippen LogP contribution in [0.2, 0.25) is 0 Å². The number of rotatable bonds is 3. The number of hydrogen-bond acceptors (Lipinski definition) is 4. The molecule has 0 atom stereocenters. The van der Waals surface area contributed by atoms with Gasteiger partial charge >= 0.3 is 0 Å². The Morgan fingerprint density at radius 3 is 2.38 bits per heavy atom. The van der Waals surface area contributed by atoms with Crippen molar-refractivity contribution in [2.75, 3.05) is 5.32 Å². The van der Waals surface area contributed by atoms with Crippen LogP contribution in [0.5, 0.6) is 0 Å². The van der Waals surface area contributed by atoms with Crippen molar-refractivity contribution < 1.29 is 4.39 Å². The van der Waals surface area contributed by atoms with Gasteiger partial charge in [0.15, 0.2) is 11.6 Å². The van der Waals surface area contributed by atoms with Crippen molar-refractivity contribution in [3.8, 4) is 5.82 Å². The zero-order valence-corrected chi connectivity index (χ0v) is 15.7. The molecule has 26 heavy (non-hydrogen) atoms. The first-order chi connectivity index (χ1) is 12.5. The van der Waals surface area contributed by atoms with E-state index in [1.54, 1.807) is 16.8 Å². The van der Waals surface area contributed by atoms with Gasteiger partial charge in [0.1, 0.15) is 5.82 Å². The van der Waals surface area contributed by atoms with Crippen LogP contribution in [0, 0.1) is 19.7 Å². The monoisotopic (exact) mass is 411 g/mol. The van der Waals surface area contributed by atoms with E-state index in [9.17, 15) is 4.39 Å². The van der Waals surface area contributed by atoms with E-state index in [1.807, 2.05) is 44.2 Å². The predicted octanol–water partition coefficient (Wildman–Crippen LogP) is 5.08. The van der Waals surface area contributed by atoms with Crippen molar-refractivity contribution in [2.45, 2.75) is 13.8 Å². The minimum absolute atomic E-state index is 0.320. The van der Waals surface area contributed by atoms with E-state index in [4.69, 9.17) is 4.98 Å². The van der Waals surface area contributed by atoms with Crippen molar-refractivity contribution in [3.05, 3.63) is 70.2 Å². The van der Waals surface area contributed by atoms with Crippen LogP contribution in [0.15, 0.2) is 53.0 Å². The summed E-state index contributed by atoms with van der Waals surface area (Å²) in [6, 6.07) is 14.3. The van der Waals surface area contributed by atoms with Crippen molar-refractivity contribution in [2.24, 2.45) is 0 Å². The summed E-state index contributed by atoms with van der Waals surface area (Å²) in [7, 11) is 0. The second-order valence-electron chi connectivity index (χ2n) is 5.97. The summed E-state index contributed by atoms with van der Waals surface area (Å²) in [6.07, 6.45) is 0. The fourth-order valence-corrected chi connectivity index (χ4v) is 3.12. The summed E-state index contributed by atoms with van der Waals surface area (Å²) in [4.78, 5) is 9.35. The van der Waals surface area contributed by atoms with Gasteiger partial charge in [-0.25, -0.2) is 19.0 Å². The molecule has 2 aromatic heterocycles. The molecule has 0 aliphatic carbocycles. The molecule has 4 rings (SSSR count). The lowest BCUT2D eigenvalue weighted by atomic mass is 10.3. The Labute approximate surface area is 158 Å². The van der Waals surface area contributed by atoms with Crippen LogP contribution in [0.3, 0.4) is 0 Å². The van der Waals surface area contributed by atoms with Crippen LogP contribution in [-0.2, 0) is 0 Å². The molecule has 0 amide bonds. The molecule has 0 fully saturated rings. The lowest BCUT2D eigenvalue weighted by Crippen LogP contribution is -2.09. The average molecular weight is 412 g/mol. The van der Waals surface area contributed by atoms with Crippen LogP contribution in [0.25, 0.3) is 16.9 Å². The van der Waals surface area contributed by atoms with Crippen LogP contribution in [0.1, 0.15) is 11.4 Å². The van der Waals surface area contributed by atoms with Crippen LogP contribution >= 0.6 is 15.9 Å². The highest BCUT2D eigenvalue weighted by atomic mass is 79.9. The van der Waals surface area contributed by atoms with Crippen molar-refractivity contribution in [1.82, 2.24) is 19.7 Å². The molecule has 130 valence electrons. The minimum atomic E-state index is -0.381. The first-order valence-corrected chi connectivity index (χ1v) is 8.83. The maximum absolute atomic E-state index is 14.3. The van der Waals surface area contributed by atoms with E-state index in [0.717, 1.165) is 22.4 Å². The molecule has 0 aliphatic rings. The summed E-state index contributed by atoms with van der Waals surface area (Å²) < 4.78 is 16.7. The zero-order chi connectivity index (χ0) is 18.3. The van der Waals surface area contributed by atoms with Gasteiger partial charge in [-0.05, 0) is 50.2 Å². The van der Waals surface area contributed by atoms with Gasteiger partial charge in [-0.1, -0.05) is 28.1 Å². The topological polar surface area (TPSA) is 55.6 Å². The van der Waals surface area contributed by atoms with E-state index >= 15 is 0 Å². The second-order valence-corrected chi connectivity index (χ2v) is 6.89. The summed E-state index contributed by atoms with van der Waals surface area (Å²) in [5.41, 5.74) is 3.58. The van der Waals surface area contributed by atoms with E-state index in [1.165, 1.54) is 6.07 Å². The molecular weight excluding hydrogens is 397 g/mol. The van der Waals surface area contributed by atoms with Crippen molar-refractivity contribution in [1.29, 1.82) is 0 Å². The predicted molar refractivity (Wildman–Crippen MR) is 104 cm³/mol. The summed E-state index contributed by atoms with van der Waals surface area (Å²) >= 11 is 3.27. The first-order valence-electron chi connectivity index (χ1n) is 8.04. The quantitative estimate of drug-likeness (QED) is 0.510. The molecule has 0 bridgehead atoms. The standard InChI is InChI=1S/C19H15BrFN5/c1-11-9-12(2)26(25-11)19-18(22-15-8-7-13(20)10-14(15)21)23-16-5-3-4-6-17(16)24-19/h3-10H,1-2H3,(H,22,23). The van der Waals surface area contributed by atoms with Gasteiger partial charge in [0.05, 0.1) is 22.4 Å². The van der Waals surface area contributed by atoms with Gasteiger partial charge in [-0.2, -0.15) is 5.10 Å². The van der Waals surface area contributed by atoms with Crippen LogP contribution < -0.4 is 5.32 Å². The SMILES string of the molecule is Cc1cc(C)n(-c2nc3ccccc3nc2Nc2ccc(Br)cc2F)n1. The van der Waals surface area contributed by atoms with Crippen molar-refractivity contribution >= 4 is 38.5 Å². The normalized spacial score (nSPS) is 11.1. The molecule has 5 nitrogen and oxygen atoms in total. The molecule has 0 radical (unpaired) electrons. The Morgan fingerprint density at radius 1 is 1.00 bits per heavy atom. The summed E-state index contributed by atoms with van der Waals surface area (Å²) in [6.45, 7) is 3.86. The number of hydrogen-bond donors (Lipinski definition) is 1. The zero-order valence-electron chi connectivity index (χ0n) is 14.2. The summed E-state index contributed by atoms with van der Waals surface area (Å²) in [5.74, 6) is 0.585. The van der Waals surface area contributed by atoms with E-state index < -0.39 is 0 Å². The fraction of sp³-hybridized carbons (Fsp3) is 0.105. The summed E-state index contributed by atoms with van der Waals surface area (Å²) in [5, 5.41) is 7.56. The van der Waals surface area contributed by atoms with E-state index in [2.05, 4.69) is 31.3 Å². The molecule has 4 aromatic rings. The number of nitrogens with one attached hydrogen (secondary N) is 1. The Bertz CT molecular complexity index is 1120. The van der Waals surface area contributed by atoms with Gasteiger partial charge in [0.2, 0.25) is 0 Å². The molecule has 0 saturated carbocycles. The maximum Gasteiger partial charge on any atom is 0.197 e. The highest BCUT2D eigenvalue weighted by molar-refractivity contribution is 9.10. The molecule has 0 saturated heterocycles. The Kier molecular flexibility index (Phi) is 4.16. The number of nitrogens with zero attached hydrogens (tertiary/aromatic N) is 4. The smallest absolute Gasteiger partial charge is 0.197 e. The van der Waals surface area contributed by atoms with Gasteiger partial charge < -0.3 is 5.32 Å². The van der Waals surface area contributed by atoms with Gasteiger partial charge in [-0.15, -0.1) is 0 Å². The van der Waals surface area contributed by atoms with Gasteiger partial charge in [0.25, 0.3) is 0 Å². The lowest BCUT2D eigenvalue weighted by Gasteiger charge is -2.13. The Morgan fingerprint density at radius 2 is 1.73 bits per heavy atom. The fourth-order valence-electron chi connectivity index (χ4n) is 2.78. The lowest BCUT2D eigenvalue weighted by molar-refractivity contribution is 0.631.